The number of aryl methyl sites for hydroxylation is 1. The number of halogens is 1. The Morgan fingerprint density at radius 3 is 2.78 bits per heavy atom. The number of hydrogen-bond acceptors (Lipinski definition) is 4. The van der Waals surface area contributed by atoms with Gasteiger partial charge in [-0.1, -0.05) is 11.6 Å². The molecule has 1 aromatic rings. The van der Waals surface area contributed by atoms with Crippen molar-refractivity contribution in [2.24, 2.45) is 0 Å². The van der Waals surface area contributed by atoms with E-state index in [1.165, 1.54) is 10.7 Å². The lowest BCUT2D eigenvalue weighted by molar-refractivity contribution is 0.0370. The van der Waals surface area contributed by atoms with E-state index < -0.39 is 0 Å². The molecule has 0 bridgehead atoms. The number of hydrogen-bond donors (Lipinski definition) is 0. The molecule has 1 saturated heterocycles. The van der Waals surface area contributed by atoms with Crippen molar-refractivity contribution in [3.63, 3.8) is 0 Å². The summed E-state index contributed by atoms with van der Waals surface area (Å²) < 4.78 is 6.72. The zero-order valence-electron chi connectivity index (χ0n) is 10.3. The summed E-state index contributed by atoms with van der Waals surface area (Å²) in [6.07, 6.45) is 3.55. The molecule has 1 aliphatic heterocycles. The number of aromatic nitrogens is 2. The van der Waals surface area contributed by atoms with Crippen molar-refractivity contribution in [1.29, 1.82) is 0 Å². The quantitative estimate of drug-likeness (QED) is 0.750. The number of rotatable bonds is 5. The highest BCUT2D eigenvalue weighted by molar-refractivity contribution is 6.30. The van der Waals surface area contributed by atoms with Gasteiger partial charge in [0.1, 0.15) is 5.02 Å². The van der Waals surface area contributed by atoms with Crippen LogP contribution in [0.2, 0.25) is 5.02 Å². The van der Waals surface area contributed by atoms with E-state index in [1.54, 1.807) is 6.20 Å². The SMILES string of the molecule is O=c1c(Cl)ccnn1CCCCN1CCOCC1. The summed E-state index contributed by atoms with van der Waals surface area (Å²) in [7, 11) is 0. The summed E-state index contributed by atoms with van der Waals surface area (Å²) in [6.45, 7) is 5.36. The molecule has 0 spiro atoms. The molecule has 0 radical (unpaired) electrons. The fraction of sp³-hybridized carbons (Fsp3) is 0.667. The van der Waals surface area contributed by atoms with Crippen LogP contribution < -0.4 is 5.56 Å². The number of nitrogens with zero attached hydrogens (tertiary/aromatic N) is 3. The van der Waals surface area contributed by atoms with E-state index in [9.17, 15) is 4.79 Å². The predicted octanol–water partition coefficient (Wildman–Crippen LogP) is 1.01. The smallest absolute Gasteiger partial charge is 0.285 e. The summed E-state index contributed by atoms with van der Waals surface area (Å²) in [5.74, 6) is 0. The van der Waals surface area contributed by atoms with Crippen molar-refractivity contribution in [1.82, 2.24) is 14.7 Å². The normalized spacial score (nSPS) is 16.9. The maximum absolute atomic E-state index is 11.6. The highest BCUT2D eigenvalue weighted by Crippen LogP contribution is 2.02. The van der Waals surface area contributed by atoms with Crippen LogP contribution in [0.3, 0.4) is 0 Å². The van der Waals surface area contributed by atoms with E-state index in [1.807, 2.05) is 0 Å². The van der Waals surface area contributed by atoms with Gasteiger partial charge in [0, 0.05) is 25.8 Å². The van der Waals surface area contributed by atoms with Crippen molar-refractivity contribution >= 4 is 11.6 Å². The Kier molecular flexibility index (Phi) is 5.16. The fourth-order valence-electron chi connectivity index (χ4n) is 2.01. The molecule has 0 unspecified atom stereocenters. The molecule has 0 saturated carbocycles. The van der Waals surface area contributed by atoms with Crippen LogP contribution in [-0.2, 0) is 11.3 Å². The Labute approximate surface area is 111 Å². The average molecular weight is 272 g/mol. The van der Waals surface area contributed by atoms with Gasteiger partial charge in [0.2, 0.25) is 0 Å². The lowest BCUT2D eigenvalue weighted by Crippen LogP contribution is -2.37. The third-order valence-electron chi connectivity index (χ3n) is 3.06. The van der Waals surface area contributed by atoms with Gasteiger partial charge in [0.15, 0.2) is 0 Å². The van der Waals surface area contributed by atoms with Gasteiger partial charge in [-0.25, -0.2) is 4.68 Å². The van der Waals surface area contributed by atoms with Crippen molar-refractivity contribution in [3.05, 3.63) is 27.6 Å². The van der Waals surface area contributed by atoms with Gasteiger partial charge in [0.05, 0.1) is 13.2 Å². The Morgan fingerprint density at radius 1 is 1.28 bits per heavy atom. The zero-order valence-corrected chi connectivity index (χ0v) is 11.1. The summed E-state index contributed by atoms with van der Waals surface area (Å²) in [5.41, 5.74) is -0.203. The van der Waals surface area contributed by atoms with Crippen LogP contribution in [0.4, 0.5) is 0 Å². The molecular formula is C12H18ClN3O2. The highest BCUT2D eigenvalue weighted by atomic mass is 35.5. The van der Waals surface area contributed by atoms with Crippen molar-refractivity contribution in [2.75, 3.05) is 32.8 Å². The molecule has 0 amide bonds. The monoisotopic (exact) mass is 271 g/mol. The lowest BCUT2D eigenvalue weighted by atomic mass is 10.2. The Morgan fingerprint density at radius 2 is 2.00 bits per heavy atom. The van der Waals surface area contributed by atoms with Crippen LogP contribution in [-0.4, -0.2) is 47.5 Å². The third-order valence-corrected chi connectivity index (χ3v) is 3.35. The van der Waals surface area contributed by atoms with Gasteiger partial charge in [-0.2, -0.15) is 5.10 Å². The Bertz CT molecular complexity index is 430. The molecule has 1 aromatic heterocycles. The summed E-state index contributed by atoms with van der Waals surface area (Å²) in [4.78, 5) is 14.0. The molecule has 1 fully saturated rings. The number of unbranched alkanes of at least 4 members (excludes halogenated alkanes) is 1. The van der Waals surface area contributed by atoms with E-state index in [0.717, 1.165) is 45.7 Å². The molecule has 5 nitrogen and oxygen atoms in total. The maximum Gasteiger partial charge on any atom is 0.285 e. The molecule has 0 N–H and O–H groups in total. The van der Waals surface area contributed by atoms with Gasteiger partial charge in [-0.3, -0.25) is 9.69 Å². The maximum atomic E-state index is 11.6. The van der Waals surface area contributed by atoms with Gasteiger partial charge in [-0.05, 0) is 25.5 Å². The number of ether oxygens (including phenoxy) is 1. The van der Waals surface area contributed by atoms with E-state index in [-0.39, 0.29) is 10.6 Å². The van der Waals surface area contributed by atoms with Crippen molar-refractivity contribution < 1.29 is 4.74 Å². The highest BCUT2D eigenvalue weighted by Gasteiger charge is 2.09. The number of morpholine rings is 1. The first-order chi connectivity index (χ1) is 8.77. The zero-order chi connectivity index (χ0) is 12.8. The van der Waals surface area contributed by atoms with Gasteiger partial charge < -0.3 is 4.74 Å². The van der Waals surface area contributed by atoms with Crippen LogP contribution in [0.25, 0.3) is 0 Å². The minimum absolute atomic E-state index is 0.203. The molecule has 0 aromatic carbocycles. The average Bonchev–Trinajstić information content (AvgIpc) is 2.40. The molecule has 100 valence electrons. The standard InChI is InChI=1S/C12H18ClN3O2/c13-11-3-4-14-16(12(11)17)6-2-1-5-15-7-9-18-10-8-15/h3-4H,1-2,5-10H2. The molecule has 2 rings (SSSR count). The first-order valence-electron chi connectivity index (χ1n) is 6.29. The van der Waals surface area contributed by atoms with Gasteiger partial charge >= 0.3 is 0 Å². The minimum Gasteiger partial charge on any atom is -0.379 e. The van der Waals surface area contributed by atoms with Crippen molar-refractivity contribution in [3.8, 4) is 0 Å². The van der Waals surface area contributed by atoms with E-state index in [0.29, 0.717) is 6.54 Å². The summed E-state index contributed by atoms with van der Waals surface area (Å²) in [5, 5.41) is 4.24. The first kappa shape index (κ1) is 13.5. The van der Waals surface area contributed by atoms with Crippen LogP contribution in [0, 0.1) is 0 Å². The second-order valence-electron chi connectivity index (χ2n) is 4.37. The molecule has 1 aliphatic rings. The molecule has 18 heavy (non-hydrogen) atoms. The van der Waals surface area contributed by atoms with Gasteiger partial charge in [-0.15, -0.1) is 0 Å². The lowest BCUT2D eigenvalue weighted by Gasteiger charge is -2.26. The minimum atomic E-state index is -0.203. The van der Waals surface area contributed by atoms with Crippen LogP contribution >= 0.6 is 11.6 Å². The second-order valence-corrected chi connectivity index (χ2v) is 4.78. The largest absolute Gasteiger partial charge is 0.379 e. The molecule has 2 heterocycles. The van der Waals surface area contributed by atoms with Crippen LogP contribution in [0.1, 0.15) is 12.8 Å². The van der Waals surface area contributed by atoms with Crippen LogP contribution in [0.15, 0.2) is 17.1 Å². The Balaban J connectivity index is 1.71. The van der Waals surface area contributed by atoms with Crippen molar-refractivity contribution in [2.45, 2.75) is 19.4 Å². The molecule has 0 atom stereocenters. The fourth-order valence-corrected chi connectivity index (χ4v) is 2.16. The predicted molar refractivity (Wildman–Crippen MR) is 70.0 cm³/mol. The topological polar surface area (TPSA) is 47.4 Å². The summed E-state index contributed by atoms with van der Waals surface area (Å²) in [6, 6.07) is 1.52. The van der Waals surface area contributed by atoms with Crippen LogP contribution in [0.5, 0.6) is 0 Å². The summed E-state index contributed by atoms with van der Waals surface area (Å²) >= 11 is 5.75. The third kappa shape index (κ3) is 3.80. The molecule has 0 aliphatic carbocycles. The second kappa shape index (κ2) is 6.87. The first-order valence-corrected chi connectivity index (χ1v) is 6.67. The van der Waals surface area contributed by atoms with E-state index in [2.05, 4.69) is 10.00 Å². The Hall–Kier alpha value is -0.910. The molecular weight excluding hydrogens is 254 g/mol. The molecule has 6 heteroatoms. The van der Waals surface area contributed by atoms with E-state index >= 15 is 0 Å². The van der Waals surface area contributed by atoms with Gasteiger partial charge in [0.25, 0.3) is 5.56 Å². The van der Waals surface area contributed by atoms with E-state index in [4.69, 9.17) is 16.3 Å².